The number of H-pyrrole nitrogens is 1. The lowest BCUT2D eigenvalue weighted by Gasteiger charge is -2.10. The summed E-state index contributed by atoms with van der Waals surface area (Å²) < 4.78 is 1.51. The lowest BCUT2D eigenvalue weighted by atomic mass is 10.1. The van der Waals surface area contributed by atoms with Gasteiger partial charge in [0.25, 0.3) is 0 Å². The third-order valence-electron chi connectivity index (χ3n) is 2.60. The number of likely N-dealkylation sites (N-methyl/N-ethyl adjacent to an activating group) is 1. The molecule has 1 unspecified atom stereocenters. The standard InChI is InChI=1S/C12H15N3O2/c1-13-8-11(16)9-2-4-10(5-3-9)15-7-6-14-12(15)17/h2-7,11,13,16H,8H2,1H3,(H,14,17). The molecule has 2 aromatic rings. The number of nitrogens with one attached hydrogen (secondary N) is 2. The molecule has 1 aromatic carbocycles. The van der Waals surface area contributed by atoms with Crippen LogP contribution in [-0.4, -0.2) is 28.3 Å². The molecule has 0 aliphatic rings. The van der Waals surface area contributed by atoms with Crippen molar-refractivity contribution in [2.24, 2.45) is 0 Å². The SMILES string of the molecule is CNCC(O)c1ccc(-n2cc[nH]c2=O)cc1. The number of aromatic nitrogens is 2. The maximum Gasteiger partial charge on any atom is 0.330 e. The predicted molar refractivity (Wildman–Crippen MR) is 65.3 cm³/mol. The molecular formula is C12H15N3O2. The molecule has 0 saturated carbocycles. The van der Waals surface area contributed by atoms with Crippen molar-refractivity contribution >= 4 is 0 Å². The van der Waals surface area contributed by atoms with Gasteiger partial charge in [0.15, 0.2) is 0 Å². The van der Waals surface area contributed by atoms with Crippen LogP contribution in [-0.2, 0) is 0 Å². The Morgan fingerprint density at radius 3 is 2.65 bits per heavy atom. The Hall–Kier alpha value is -1.85. The largest absolute Gasteiger partial charge is 0.387 e. The fraction of sp³-hybridized carbons (Fsp3) is 0.250. The van der Waals surface area contributed by atoms with E-state index < -0.39 is 6.10 Å². The summed E-state index contributed by atoms with van der Waals surface area (Å²) in [7, 11) is 1.79. The quantitative estimate of drug-likeness (QED) is 0.716. The molecule has 17 heavy (non-hydrogen) atoms. The zero-order valence-electron chi connectivity index (χ0n) is 9.55. The smallest absolute Gasteiger partial charge is 0.330 e. The van der Waals surface area contributed by atoms with Crippen LogP contribution in [0.4, 0.5) is 0 Å². The number of aromatic amines is 1. The molecule has 0 saturated heterocycles. The predicted octanol–water partition coefficient (Wildman–Crippen LogP) is 0.418. The Morgan fingerprint density at radius 2 is 2.12 bits per heavy atom. The molecule has 0 aliphatic carbocycles. The second-order valence-corrected chi connectivity index (χ2v) is 3.80. The van der Waals surface area contributed by atoms with E-state index >= 15 is 0 Å². The minimum absolute atomic E-state index is 0.173. The van der Waals surface area contributed by atoms with Crippen LogP contribution >= 0.6 is 0 Å². The van der Waals surface area contributed by atoms with E-state index in [0.717, 1.165) is 11.3 Å². The third kappa shape index (κ3) is 2.46. The van der Waals surface area contributed by atoms with Crippen molar-refractivity contribution in [1.82, 2.24) is 14.9 Å². The van der Waals surface area contributed by atoms with Crippen molar-refractivity contribution in [3.63, 3.8) is 0 Å². The fourth-order valence-corrected chi connectivity index (χ4v) is 1.69. The summed E-state index contributed by atoms with van der Waals surface area (Å²) in [6.45, 7) is 0.503. The minimum atomic E-state index is -0.531. The van der Waals surface area contributed by atoms with Crippen LogP contribution in [0, 0.1) is 0 Å². The molecule has 3 N–H and O–H groups in total. The maximum absolute atomic E-state index is 11.4. The fourth-order valence-electron chi connectivity index (χ4n) is 1.69. The van der Waals surface area contributed by atoms with Crippen LogP contribution in [0.2, 0.25) is 0 Å². The van der Waals surface area contributed by atoms with Crippen LogP contribution in [0.3, 0.4) is 0 Å². The topological polar surface area (TPSA) is 70.0 Å². The van der Waals surface area contributed by atoms with E-state index in [1.807, 2.05) is 24.3 Å². The highest BCUT2D eigenvalue weighted by Gasteiger charge is 2.06. The first-order chi connectivity index (χ1) is 8.22. The van der Waals surface area contributed by atoms with Gasteiger partial charge in [0.1, 0.15) is 0 Å². The van der Waals surface area contributed by atoms with Crippen LogP contribution in [0.15, 0.2) is 41.5 Å². The molecule has 90 valence electrons. The average molecular weight is 233 g/mol. The van der Waals surface area contributed by atoms with Crippen molar-refractivity contribution < 1.29 is 5.11 Å². The third-order valence-corrected chi connectivity index (χ3v) is 2.60. The van der Waals surface area contributed by atoms with Crippen LogP contribution in [0.5, 0.6) is 0 Å². The van der Waals surface area contributed by atoms with E-state index in [1.165, 1.54) is 4.57 Å². The van der Waals surface area contributed by atoms with Crippen molar-refractivity contribution in [2.45, 2.75) is 6.10 Å². The van der Waals surface area contributed by atoms with E-state index in [0.29, 0.717) is 6.54 Å². The Labute approximate surface area is 98.7 Å². The molecule has 1 aromatic heterocycles. The maximum atomic E-state index is 11.4. The zero-order chi connectivity index (χ0) is 12.3. The molecule has 0 amide bonds. The number of aliphatic hydroxyl groups is 1. The van der Waals surface area contributed by atoms with Gasteiger partial charge in [-0.05, 0) is 24.7 Å². The first kappa shape index (κ1) is 11.6. The molecule has 0 bridgehead atoms. The van der Waals surface area contributed by atoms with Gasteiger partial charge in [-0.1, -0.05) is 12.1 Å². The van der Waals surface area contributed by atoms with Gasteiger partial charge in [-0.25, -0.2) is 4.79 Å². The lowest BCUT2D eigenvalue weighted by molar-refractivity contribution is 0.178. The first-order valence-electron chi connectivity index (χ1n) is 5.41. The summed E-state index contributed by atoms with van der Waals surface area (Å²) in [4.78, 5) is 14.0. The van der Waals surface area contributed by atoms with Gasteiger partial charge in [0.05, 0.1) is 11.8 Å². The monoisotopic (exact) mass is 233 g/mol. The van der Waals surface area contributed by atoms with Gasteiger partial charge in [-0.15, -0.1) is 0 Å². The van der Waals surface area contributed by atoms with Crippen LogP contribution in [0.25, 0.3) is 5.69 Å². The number of benzene rings is 1. The molecule has 2 rings (SSSR count). The average Bonchev–Trinajstić information content (AvgIpc) is 2.76. The summed E-state index contributed by atoms with van der Waals surface area (Å²) in [5.74, 6) is 0. The molecule has 5 nitrogen and oxygen atoms in total. The van der Waals surface area contributed by atoms with Crippen molar-refractivity contribution in [3.05, 3.63) is 52.7 Å². The summed E-state index contributed by atoms with van der Waals surface area (Å²) in [6.07, 6.45) is 2.73. The summed E-state index contributed by atoms with van der Waals surface area (Å²) in [6, 6.07) is 7.25. The van der Waals surface area contributed by atoms with Gasteiger partial charge >= 0.3 is 5.69 Å². The molecule has 0 spiro atoms. The van der Waals surface area contributed by atoms with Gasteiger partial charge in [0, 0.05) is 18.9 Å². The second kappa shape index (κ2) is 4.99. The van der Waals surface area contributed by atoms with Gasteiger partial charge in [0.2, 0.25) is 0 Å². The molecular weight excluding hydrogens is 218 g/mol. The Balaban J connectivity index is 2.24. The summed E-state index contributed by atoms with van der Waals surface area (Å²) in [5.41, 5.74) is 1.43. The summed E-state index contributed by atoms with van der Waals surface area (Å²) >= 11 is 0. The van der Waals surface area contributed by atoms with Gasteiger partial charge in [-0.2, -0.15) is 0 Å². The van der Waals surface area contributed by atoms with Crippen molar-refractivity contribution in [1.29, 1.82) is 0 Å². The van der Waals surface area contributed by atoms with Gasteiger partial charge in [-0.3, -0.25) is 4.57 Å². The Bertz CT molecular complexity index is 527. The molecule has 0 radical (unpaired) electrons. The number of aliphatic hydroxyl groups excluding tert-OH is 1. The molecule has 0 fully saturated rings. The molecule has 5 heteroatoms. The van der Waals surface area contributed by atoms with E-state index in [9.17, 15) is 9.90 Å². The van der Waals surface area contributed by atoms with Gasteiger partial charge < -0.3 is 15.4 Å². The number of hydrogen-bond acceptors (Lipinski definition) is 3. The highest BCUT2D eigenvalue weighted by atomic mass is 16.3. The normalized spacial score (nSPS) is 12.6. The molecule has 1 atom stereocenters. The number of rotatable bonds is 4. The van der Waals surface area contributed by atoms with Crippen molar-refractivity contribution in [2.75, 3.05) is 13.6 Å². The van der Waals surface area contributed by atoms with E-state index in [-0.39, 0.29) is 5.69 Å². The van der Waals surface area contributed by atoms with E-state index in [4.69, 9.17) is 0 Å². The second-order valence-electron chi connectivity index (χ2n) is 3.80. The highest BCUT2D eigenvalue weighted by molar-refractivity contribution is 5.35. The number of imidazole rings is 1. The van der Waals surface area contributed by atoms with Crippen LogP contribution < -0.4 is 11.0 Å². The lowest BCUT2D eigenvalue weighted by Crippen LogP contribution is -2.17. The van der Waals surface area contributed by atoms with E-state index in [1.54, 1.807) is 19.4 Å². The minimum Gasteiger partial charge on any atom is -0.387 e. The highest BCUT2D eigenvalue weighted by Crippen LogP contribution is 2.14. The Morgan fingerprint density at radius 1 is 1.41 bits per heavy atom. The van der Waals surface area contributed by atoms with Crippen molar-refractivity contribution in [3.8, 4) is 5.69 Å². The van der Waals surface area contributed by atoms with E-state index in [2.05, 4.69) is 10.3 Å². The number of hydrogen-bond donors (Lipinski definition) is 3. The Kier molecular flexibility index (Phi) is 3.41. The molecule has 0 aliphatic heterocycles. The first-order valence-corrected chi connectivity index (χ1v) is 5.41. The molecule has 1 heterocycles. The zero-order valence-corrected chi connectivity index (χ0v) is 9.55. The summed E-state index contributed by atoms with van der Waals surface area (Å²) in [5, 5.41) is 12.7. The number of nitrogens with zero attached hydrogens (tertiary/aromatic N) is 1. The van der Waals surface area contributed by atoms with Crippen LogP contribution in [0.1, 0.15) is 11.7 Å².